The molecule has 0 N–H and O–H groups in total. The molecule has 0 spiro atoms. The summed E-state index contributed by atoms with van der Waals surface area (Å²) in [5.41, 5.74) is 4.51. The van der Waals surface area contributed by atoms with E-state index in [9.17, 15) is 4.79 Å². The number of carbonyl (C=O) groups excluding carboxylic acids is 1. The molecule has 0 bridgehead atoms. The number of methoxy groups -OCH3 is 1. The average molecular weight is 372 g/mol. The zero-order valence-electron chi connectivity index (χ0n) is 16.2. The van der Waals surface area contributed by atoms with Gasteiger partial charge in [-0.05, 0) is 18.6 Å². The number of carbonyl (C=O) groups is 1. The number of nitrogens with zero attached hydrogens (tertiary/aromatic N) is 2. The van der Waals surface area contributed by atoms with Crippen LogP contribution < -0.4 is 0 Å². The summed E-state index contributed by atoms with van der Waals surface area (Å²) in [6.45, 7) is 2.06. The molecular weight excluding hydrogens is 348 g/mol. The summed E-state index contributed by atoms with van der Waals surface area (Å²) in [5, 5.41) is 0. The molecule has 28 heavy (non-hydrogen) atoms. The Morgan fingerprint density at radius 3 is 2.00 bits per heavy atom. The van der Waals surface area contributed by atoms with Crippen LogP contribution in [0.3, 0.4) is 0 Å². The van der Waals surface area contributed by atoms with Gasteiger partial charge >= 0.3 is 5.97 Å². The largest absolute Gasteiger partial charge is 0.467 e. The van der Waals surface area contributed by atoms with Crippen LogP contribution in [0.1, 0.15) is 29.4 Å². The van der Waals surface area contributed by atoms with Gasteiger partial charge in [-0.1, -0.05) is 73.7 Å². The highest BCUT2D eigenvalue weighted by Gasteiger charge is 2.21. The highest BCUT2D eigenvalue weighted by Crippen LogP contribution is 2.15. The van der Waals surface area contributed by atoms with Crippen molar-refractivity contribution in [2.24, 2.45) is 4.99 Å². The van der Waals surface area contributed by atoms with Crippen LogP contribution in [-0.4, -0.2) is 29.8 Å². The van der Waals surface area contributed by atoms with Crippen molar-refractivity contribution in [3.8, 4) is 0 Å². The van der Waals surface area contributed by atoms with Crippen LogP contribution in [0.25, 0.3) is 0 Å². The Balaban J connectivity index is 2.03. The molecule has 2 aromatic carbocycles. The molecule has 0 amide bonds. The first-order valence-electron chi connectivity index (χ1n) is 9.42. The van der Waals surface area contributed by atoms with E-state index in [1.807, 2.05) is 78.9 Å². The van der Waals surface area contributed by atoms with Crippen molar-refractivity contribution in [1.29, 1.82) is 0 Å². The van der Waals surface area contributed by atoms with E-state index < -0.39 is 6.04 Å². The second-order valence-corrected chi connectivity index (χ2v) is 6.43. The number of aryl methyl sites for hydroxylation is 1. The Morgan fingerprint density at radius 1 is 0.893 bits per heavy atom. The van der Waals surface area contributed by atoms with Gasteiger partial charge in [0.1, 0.15) is 0 Å². The SMILES string of the molecule is CCc1cccc(C[C@H](N=C(c2ccccc2)c2ccccc2)C(=O)OC)n1. The van der Waals surface area contributed by atoms with Crippen LogP contribution in [0.4, 0.5) is 0 Å². The number of aromatic nitrogens is 1. The lowest BCUT2D eigenvalue weighted by molar-refractivity contribution is -0.142. The van der Waals surface area contributed by atoms with Crippen molar-refractivity contribution < 1.29 is 9.53 Å². The van der Waals surface area contributed by atoms with Crippen molar-refractivity contribution in [3.63, 3.8) is 0 Å². The summed E-state index contributed by atoms with van der Waals surface area (Å²) < 4.78 is 5.04. The monoisotopic (exact) mass is 372 g/mol. The molecule has 1 atom stereocenters. The van der Waals surface area contributed by atoms with Crippen LogP contribution in [0.15, 0.2) is 83.9 Å². The van der Waals surface area contributed by atoms with E-state index in [0.29, 0.717) is 6.42 Å². The second kappa shape index (κ2) is 9.60. The van der Waals surface area contributed by atoms with Gasteiger partial charge in [0, 0.05) is 28.9 Å². The first kappa shape index (κ1) is 19.5. The zero-order valence-corrected chi connectivity index (χ0v) is 16.2. The molecule has 3 aromatic rings. The van der Waals surface area contributed by atoms with Crippen LogP contribution in [0.2, 0.25) is 0 Å². The van der Waals surface area contributed by atoms with E-state index in [1.165, 1.54) is 7.11 Å². The maximum atomic E-state index is 12.5. The molecule has 4 heteroatoms. The lowest BCUT2D eigenvalue weighted by atomic mass is 10.0. The van der Waals surface area contributed by atoms with E-state index in [-0.39, 0.29) is 5.97 Å². The first-order chi connectivity index (χ1) is 13.7. The number of pyridine rings is 1. The molecule has 142 valence electrons. The van der Waals surface area contributed by atoms with Gasteiger partial charge in [0.15, 0.2) is 6.04 Å². The van der Waals surface area contributed by atoms with Gasteiger partial charge < -0.3 is 4.74 Å². The molecule has 0 unspecified atom stereocenters. The van der Waals surface area contributed by atoms with E-state index in [4.69, 9.17) is 9.73 Å². The Labute approximate surface area is 165 Å². The van der Waals surface area contributed by atoms with Crippen molar-refractivity contribution in [2.75, 3.05) is 7.11 Å². The van der Waals surface area contributed by atoms with Crippen molar-refractivity contribution in [3.05, 3.63) is 101 Å². The summed E-state index contributed by atoms with van der Waals surface area (Å²) in [7, 11) is 1.39. The molecule has 0 saturated carbocycles. The van der Waals surface area contributed by atoms with Gasteiger partial charge in [-0.25, -0.2) is 4.79 Å². The van der Waals surface area contributed by atoms with E-state index in [1.54, 1.807) is 0 Å². The Bertz CT molecular complexity index is 896. The average Bonchev–Trinajstić information content (AvgIpc) is 2.77. The molecule has 0 aliphatic rings. The maximum absolute atomic E-state index is 12.5. The van der Waals surface area contributed by atoms with E-state index in [2.05, 4.69) is 11.9 Å². The maximum Gasteiger partial charge on any atom is 0.331 e. The number of hydrogen-bond acceptors (Lipinski definition) is 4. The molecule has 0 aliphatic heterocycles. The van der Waals surface area contributed by atoms with Crippen LogP contribution in [0.5, 0.6) is 0 Å². The molecule has 1 heterocycles. The minimum absolute atomic E-state index is 0.368. The molecule has 1 aromatic heterocycles. The summed E-state index contributed by atoms with van der Waals surface area (Å²) in [6, 6.07) is 25.0. The minimum atomic E-state index is -0.667. The fraction of sp³-hybridized carbons (Fsp3) is 0.208. The second-order valence-electron chi connectivity index (χ2n) is 6.43. The lowest BCUT2D eigenvalue weighted by Crippen LogP contribution is -2.25. The van der Waals surface area contributed by atoms with Gasteiger partial charge in [0.25, 0.3) is 0 Å². The van der Waals surface area contributed by atoms with E-state index in [0.717, 1.165) is 34.6 Å². The number of benzene rings is 2. The third kappa shape index (κ3) is 4.92. The van der Waals surface area contributed by atoms with Gasteiger partial charge in [-0.3, -0.25) is 9.98 Å². The minimum Gasteiger partial charge on any atom is -0.467 e. The third-order valence-corrected chi connectivity index (χ3v) is 4.48. The van der Waals surface area contributed by atoms with Crippen molar-refractivity contribution in [2.45, 2.75) is 25.8 Å². The standard InChI is InChI=1S/C24H24N2O2/c1-3-20-15-10-16-21(25-20)17-22(24(27)28-2)26-23(18-11-6-4-7-12-18)19-13-8-5-9-14-19/h4-16,22H,3,17H2,1-2H3/t22-/m0/s1. The summed E-state index contributed by atoms with van der Waals surface area (Å²) in [4.78, 5) is 22.0. The van der Waals surface area contributed by atoms with Gasteiger partial charge in [-0.15, -0.1) is 0 Å². The Kier molecular flexibility index (Phi) is 6.68. The topological polar surface area (TPSA) is 51.5 Å². The summed E-state index contributed by atoms with van der Waals surface area (Å²) >= 11 is 0. The fourth-order valence-electron chi connectivity index (χ4n) is 3.02. The smallest absolute Gasteiger partial charge is 0.331 e. The number of hydrogen-bond donors (Lipinski definition) is 0. The molecule has 4 nitrogen and oxygen atoms in total. The Hall–Kier alpha value is -3.27. The predicted molar refractivity (Wildman–Crippen MR) is 112 cm³/mol. The van der Waals surface area contributed by atoms with Crippen molar-refractivity contribution in [1.82, 2.24) is 4.98 Å². The molecule has 0 fully saturated rings. The lowest BCUT2D eigenvalue weighted by Gasteiger charge is -2.14. The highest BCUT2D eigenvalue weighted by molar-refractivity contribution is 6.13. The zero-order chi connectivity index (χ0) is 19.8. The van der Waals surface area contributed by atoms with Gasteiger partial charge in [0.2, 0.25) is 0 Å². The van der Waals surface area contributed by atoms with E-state index >= 15 is 0 Å². The predicted octanol–water partition coefficient (Wildman–Crippen LogP) is 4.27. The van der Waals surface area contributed by atoms with Crippen LogP contribution >= 0.6 is 0 Å². The normalized spacial score (nSPS) is 11.5. The van der Waals surface area contributed by atoms with Gasteiger partial charge in [0.05, 0.1) is 12.8 Å². The summed E-state index contributed by atoms with van der Waals surface area (Å²) in [6.07, 6.45) is 1.24. The first-order valence-corrected chi connectivity index (χ1v) is 9.42. The highest BCUT2D eigenvalue weighted by atomic mass is 16.5. The summed E-state index contributed by atoms with van der Waals surface area (Å²) in [5.74, 6) is -0.368. The quantitative estimate of drug-likeness (QED) is 0.460. The van der Waals surface area contributed by atoms with Gasteiger partial charge in [-0.2, -0.15) is 0 Å². The number of ether oxygens (including phenoxy) is 1. The van der Waals surface area contributed by atoms with Crippen LogP contribution in [-0.2, 0) is 22.4 Å². The number of esters is 1. The van der Waals surface area contributed by atoms with Crippen LogP contribution in [0, 0.1) is 0 Å². The third-order valence-electron chi connectivity index (χ3n) is 4.48. The molecule has 3 rings (SSSR count). The van der Waals surface area contributed by atoms with Crippen molar-refractivity contribution >= 4 is 11.7 Å². The molecular formula is C24H24N2O2. The molecule has 0 radical (unpaired) electrons. The molecule has 0 aliphatic carbocycles. The Morgan fingerprint density at radius 2 is 1.46 bits per heavy atom. The number of rotatable bonds is 7. The fourth-order valence-corrected chi connectivity index (χ4v) is 3.02. The number of aliphatic imine (C=N–C) groups is 1. The molecule has 0 saturated heterocycles.